The average molecular weight is 301 g/mol. The van der Waals surface area contributed by atoms with Gasteiger partial charge in [0.05, 0.1) is 10.7 Å². The standard InChI is InChI=1S/C13H17ClN2O4/c1-20-8-3-2-7-15-13(19)16-10-6-4-5-9(14)11(10)12(17)18/h4-6H,2-3,7-8H2,1H3,(H,17,18)(H2,15,16,19). The molecule has 7 heteroatoms. The van der Waals surface area contributed by atoms with Gasteiger partial charge in [-0.1, -0.05) is 17.7 Å². The third-order valence-corrected chi connectivity index (χ3v) is 2.85. The van der Waals surface area contributed by atoms with Crippen LogP contribution in [0.2, 0.25) is 5.02 Å². The van der Waals surface area contributed by atoms with Crippen molar-refractivity contribution in [1.29, 1.82) is 0 Å². The molecule has 6 nitrogen and oxygen atoms in total. The number of carbonyl (C=O) groups is 2. The van der Waals surface area contributed by atoms with Crippen LogP contribution < -0.4 is 10.6 Å². The van der Waals surface area contributed by atoms with Gasteiger partial charge in [-0.2, -0.15) is 0 Å². The summed E-state index contributed by atoms with van der Waals surface area (Å²) in [6, 6.07) is 4.05. The highest BCUT2D eigenvalue weighted by molar-refractivity contribution is 6.34. The zero-order valence-electron chi connectivity index (χ0n) is 11.1. The molecule has 0 aliphatic rings. The molecule has 0 aromatic heterocycles. The largest absolute Gasteiger partial charge is 0.478 e. The van der Waals surface area contributed by atoms with Crippen molar-refractivity contribution >= 4 is 29.3 Å². The van der Waals surface area contributed by atoms with Gasteiger partial charge in [0.2, 0.25) is 0 Å². The van der Waals surface area contributed by atoms with Gasteiger partial charge in [-0.15, -0.1) is 0 Å². The van der Waals surface area contributed by atoms with Crippen molar-refractivity contribution in [2.45, 2.75) is 12.8 Å². The maximum atomic E-state index is 11.6. The number of unbranched alkanes of at least 4 members (excludes halogenated alkanes) is 1. The van der Waals surface area contributed by atoms with E-state index < -0.39 is 12.0 Å². The van der Waals surface area contributed by atoms with Crippen LogP contribution >= 0.6 is 11.6 Å². The fourth-order valence-corrected chi connectivity index (χ4v) is 1.84. The molecule has 110 valence electrons. The first-order valence-corrected chi connectivity index (χ1v) is 6.49. The van der Waals surface area contributed by atoms with E-state index in [0.29, 0.717) is 13.2 Å². The second kappa shape index (κ2) is 8.39. The summed E-state index contributed by atoms with van der Waals surface area (Å²) < 4.78 is 4.89. The van der Waals surface area contributed by atoms with Gasteiger partial charge in [-0.3, -0.25) is 0 Å². The van der Waals surface area contributed by atoms with E-state index in [0.717, 1.165) is 12.8 Å². The van der Waals surface area contributed by atoms with Crippen LogP contribution in [0.5, 0.6) is 0 Å². The molecule has 0 unspecified atom stereocenters. The number of hydrogen-bond acceptors (Lipinski definition) is 3. The zero-order chi connectivity index (χ0) is 15.0. The number of amides is 2. The molecule has 0 saturated heterocycles. The third kappa shape index (κ3) is 5.07. The van der Waals surface area contributed by atoms with Crippen LogP contribution in [0, 0.1) is 0 Å². The Morgan fingerprint density at radius 3 is 2.75 bits per heavy atom. The minimum absolute atomic E-state index is 0.0791. The lowest BCUT2D eigenvalue weighted by molar-refractivity contribution is 0.0698. The Morgan fingerprint density at radius 1 is 1.35 bits per heavy atom. The summed E-state index contributed by atoms with van der Waals surface area (Å²) in [5, 5.41) is 14.3. The summed E-state index contributed by atoms with van der Waals surface area (Å²) >= 11 is 5.80. The van der Waals surface area contributed by atoms with Gasteiger partial charge < -0.3 is 20.5 Å². The molecule has 0 aliphatic heterocycles. The molecule has 0 saturated carbocycles. The van der Waals surface area contributed by atoms with Crippen LogP contribution in [0.1, 0.15) is 23.2 Å². The van der Waals surface area contributed by atoms with Crippen molar-refractivity contribution in [3.05, 3.63) is 28.8 Å². The van der Waals surface area contributed by atoms with Gasteiger partial charge >= 0.3 is 12.0 Å². The number of benzene rings is 1. The Kier molecular flexibility index (Phi) is 6.83. The third-order valence-electron chi connectivity index (χ3n) is 2.54. The van der Waals surface area contributed by atoms with Crippen molar-refractivity contribution in [3.8, 4) is 0 Å². The number of hydrogen-bond donors (Lipinski definition) is 3. The van der Waals surface area contributed by atoms with Gasteiger partial charge in [0, 0.05) is 20.3 Å². The maximum Gasteiger partial charge on any atom is 0.339 e. The Hall–Kier alpha value is -1.79. The van der Waals surface area contributed by atoms with Gasteiger partial charge in [-0.05, 0) is 25.0 Å². The molecule has 1 rings (SSSR count). The molecular formula is C13H17ClN2O4. The minimum Gasteiger partial charge on any atom is -0.478 e. The Labute approximate surface area is 122 Å². The quantitative estimate of drug-likeness (QED) is 0.675. The lowest BCUT2D eigenvalue weighted by Gasteiger charge is -2.10. The average Bonchev–Trinajstić information content (AvgIpc) is 2.38. The van der Waals surface area contributed by atoms with Crippen molar-refractivity contribution in [2.75, 3.05) is 25.6 Å². The van der Waals surface area contributed by atoms with Crippen LogP contribution in [-0.2, 0) is 4.74 Å². The highest BCUT2D eigenvalue weighted by Gasteiger charge is 2.15. The van der Waals surface area contributed by atoms with E-state index in [1.165, 1.54) is 12.1 Å². The SMILES string of the molecule is COCCCCNC(=O)Nc1cccc(Cl)c1C(=O)O. The number of carbonyl (C=O) groups excluding carboxylic acids is 1. The van der Waals surface area contributed by atoms with Crippen molar-refractivity contribution in [1.82, 2.24) is 5.32 Å². The van der Waals surface area contributed by atoms with Gasteiger partial charge in [0.15, 0.2) is 0 Å². The van der Waals surface area contributed by atoms with Gasteiger partial charge in [-0.25, -0.2) is 9.59 Å². The number of methoxy groups -OCH3 is 1. The number of ether oxygens (including phenoxy) is 1. The van der Waals surface area contributed by atoms with E-state index >= 15 is 0 Å². The molecule has 2 amide bonds. The first-order valence-electron chi connectivity index (χ1n) is 6.12. The number of carboxylic acids is 1. The Morgan fingerprint density at radius 2 is 2.10 bits per heavy atom. The summed E-state index contributed by atoms with van der Waals surface area (Å²) in [6.07, 6.45) is 1.62. The fraction of sp³-hybridized carbons (Fsp3) is 0.385. The predicted octanol–water partition coefficient (Wildman–Crippen LogP) is 2.59. The molecule has 0 fully saturated rings. The molecule has 0 spiro atoms. The number of halogens is 1. The predicted molar refractivity (Wildman–Crippen MR) is 76.5 cm³/mol. The number of nitrogens with one attached hydrogen (secondary N) is 2. The Bertz CT molecular complexity index is 479. The van der Waals surface area contributed by atoms with E-state index in [2.05, 4.69) is 10.6 Å². The smallest absolute Gasteiger partial charge is 0.339 e. The van der Waals surface area contributed by atoms with E-state index in [1.54, 1.807) is 13.2 Å². The monoisotopic (exact) mass is 300 g/mol. The van der Waals surface area contributed by atoms with Gasteiger partial charge in [0.25, 0.3) is 0 Å². The molecule has 3 N–H and O–H groups in total. The van der Waals surface area contributed by atoms with Crippen LogP contribution in [0.25, 0.3) is 0 Å². The number of anilines is 1. The number of aromatic carboxylic acids is 1. The highest BCUT2D eigenvalue weighted by Crippen LogP contribution is 2.24. The molecule has 0 aliphatic carbocycles. The van der Waals surface area contributed by atoms with Gasteiger partial charge in [0.1, 0.15) is 5.56 Å². The Balaban J connectivity index is 2.54. The zero-order valence-corrected chi connectivity index (χ0v) is 11.9. The van der Waals surface area contributed by atoms with Crippen LogP contribution in [-0.4, -0.2) is 37.4 Å². The number of urea groups is 1. The van der Waals surface area contributed by atoms with Crippen LogP contribution in [0.15, 0.2) is 18.2 Å². The van der Waals surface area contributed by atoms with E-state index in [1.807, 2.05) is 0 Å². The highest BCUT2D eigenvalue weighted by atomic mass is 35.5. The summed E-state index contributed by atoms with van der Waals surface area (Å²) in [6.45, 7) is 1.12. The summed E-state index contributed by atoms with van der Waals surface area (Å²) in [5.74, 6) is -1.19. The molecule has 1 aromatic rings. The molecular weight excluding hydrogens is 284 g/mol. The maximum absolute atomic E-state index is 11.6. The lowest BCUT2D eigenvalue weighted by Crippen LogP contribution is -2.30. The first-order chi connectivity index (χ1) is 9.56. The molecule has 1 aromatic carbocycles. The van der Waals surface area contributed by atoms with E-state index in [9.17, 15) is 9.59 Å². The number of carboxylic acid groups (broad SMARTS) is 1. The summed E-state index contributed by atoms with van der Waals surface area (Å²) in [5.41, 5.74) is 0.0445. The van der Waals surface area contributed by atoms with E-state index in [-0.39, 0.29) is 16.3 Å². The van der Waals surface area contributed by atoms with Crippen molar-refractivity contribution in [2.24, 2.45) is 0 Å². The van der Waals surface area contributed by atoms with E-state index in [4.69, 9.17) is 21.4 Å². The second-order valence-corrected chi connectivity index (χ2v) is 4.46. The summed E-state index contributed by atoms with van der Waals surface area (Å²) in [7, 11) is 1.62. The topological polar surface area (TPSA) is 87.7 Å². The number of rotatable bonds is 7. The minimum atomic E-state index is -1.19. The first kappa shape index (κ1) is 16.3. The van der Waals surface area contributed by atoms with Crippen LogP contribution in [0.3, 0.4) is 0 Å². The van der Waals surface area contributed by atoms with Crippen molar-refractivity contribution < 1.29 is 19.4 Å². The molecule has 0 bridgehead atoms. The fourth-order valence-electron chi connectivity index (χ4n) is 1.59. The lowest BCUT2D eigenvalue weighted by atomic mass is 10.2. The summed E-state index contributed by atoms with van der Waals surface area (Å²) in [4.78, 5) is 22.7. The second-order valence-electron chi connectivity index (χ2n) is 4.05. The molecule has 20 heavy (non-hydrogen) atoms. The van der Waals surface area contributed by atoms with Crippen molar-refractivity contribution in [3.63, 3.8) is 0 Å². The van der Waals surface area contributed by atoms with Crippen LogP contribution in [0.4, 0.5) is 10.5 Å². The normalized spacial score (nSPS) is 10.1. The molecule has 0 atom stereocenters. The molecule has 0 radical (unpaired) electrons. The molecule has 0 heterocycles.